The van der Waals surface area contributed by atoms with Crippen molar-refractivity contribution < 1.29 is 22.9 Å². The van der Waals surface area contributed by atoms with E-state index < -0.39 is 16.0 Å². The molecule has 0 heterocycles. The molecular formula is C17H14N2O5S. The molecule has 0 saturated carbocycles. The predicted molar refractivity (Wildman–Crippen MR) is 94.2 cm³/mol. The van der Waals surface area contributed by atoms with Crippen molar-refractivity contribution in [2.24, 2.45) is 0 Å². The molecule has 0 spiro atoms. The van der Waals surface area contributed by atoms with E-state index in [4.69, 9.17) is 5.73 Å². The first-order valence-electron chi connectivity index (χ1n) is 7.16. The van der Waals surface area contributed by atoms with Crippen LogP contribution in [-0.4, -0.2) is 24.0 Å². The Labute approximate surface area is 143 Å². The van der Waals surface area contributed by atoms with Crippen molar-refractivity contribution >= 4 is 38.2 Å². The summed E-state index contributed by atoms with van der Waals surface area (Å²) in [6.45, 7) is 0. The maximum absolute atomic E-state index is 12.4. The minimum atomic E-state index is -4.42. The van der Waals surface area contributed by atoms with Gasteiger partial charge in [-0.3, -0.25) is 9.35 Å². The van der Waals surface area contributed by atoms with E-state index in [0.29, 0.717) is 11.1 Å². The van der Waals surface area contributed by atoms with Gasteiger partial charge in [0.25, 0.3) is 16.0 Å². The Hall–Kier alpha value is -3.10. The molecule has 7 nitrogen and oxygen atoms in total. The lowest BCUT2D eigenvalue weighted by molar-refractivity contribution is 0.102. The Kier molecular flexibility index (Phi) is 4.07. The van der Waals surface area contributed by atoms with E-state index in [2.05, 4.69) is 5.32 Å². The van der Waals surface area contributed by atoms with E-state index in [1.165, 1.54) is 30.3 Å². The third kappa shape index (κ3) is 3.39. The normalized spacial score (nSPS) is 11.4. The molecular weight excluding hydrogens is 344 g/mol. The van der Waals surface area contributed by atoms with Gasteiger partial charge in [0.2, 0.25) is 0 Å². The van der Waals surface area contributed by atoms with Crippen LogP contribution in [0.4, 0.5) is 11.4 Å². The van der Waals surface area contributed by atoms with Crippen molar-refractivity contribution in [2.75, 3.05) is 11.1 Å². The van der Waals surface area contributed by atoms with Gasteiger partial charge in [0, 0.05) is 16.6 Å². The lowest BCUT2D eigenvalue weighted by Crippen LogP contribution is -2.12. The Morgan fingerprint density at radius 3 is 2.44 bits per heavy atom. The molecule has 0 bridgehead atoms. The lowest BCUT2D eigenvalue weighted by Gasteiger charge is -2.12. The maximum atomic E-state index is 12.4. The zero-order valence-electron chi connectivity index (χ0n) is 12.8. The Balaban J connectivity index is 2.11. The number of aromatic hydroxyl groups is 1. The Morgan fingerprint density at radius 1 is 1.04 bits per heavy atom. The van der Waals surface area contributed by atoms with Gasteiger partial charge < -0.3 is 16.2 Å². The molecule has 25 heavy (non-hydrogen) atoms. The first-order chi connectivity index (χ1) is 11.8. The number of nitrogens with one attached hydrogen (secondary N) is 1. The summed E-state index contributed by atoms with van der Waals surface area (Å²) in [4.78, 5) is 12.1. The number of rotatable bonds is 3. The van der Waals surface area contributed by atoms with Gasteiger partial charge >= 0.3 is 0 Å². The predicted octanol–water partition coefficient (Wildman–Crippen LogP) is 2.63. The average Bonchev–Trinajstić information content (AvgIpc) is 2.56. The van der Waals surface area contributed by atoms with Gasteiger partial charge in [-0.1, -0.05) is 18.2 Å². The van der Waals surface area contributed by atoms with Crippen LogP contribution < -0.4 is 11.1 Å². The van der Waals surface area contributed by atoms with Crippen molar-refractivity contribution in [3.05, 3.63) is 60.2 Å². The second kappa shape index (κ2) is 6.08. The number of phenols is 1. The van der Waals surface area contributed by atoms with Crippen LogP contribution in [0.5, 0.6) is 5.75 Å². The number of hydrogen-bond acceptors (Lipinski definition) is 5. The van der Waals surface area contributed by atoms with Gasteiger partial charge in [0.1, 0.15) is 5.75 Å². The number of amides is 1. The molecule has 3 aromatic carbocycles. The number of nitrogens with two attached hydrogens (primary N) is 1. The fourth-order valence-electron chi connectivity index (χ4n) is 2.44. The van der Waals surface area contributed by atoms with Crippen molar-refractivity contribution in [3.63, 3.8) is 0 Å². The highest BCUT2D eigenvalue weighted by atomic mass is 32.2. The van der Waals surface area contributed by atoms with Gasteiger partial charge in [0.05, 0.1) is 10.6 Å². The quantitative estimate of drug-likeness (QED) is 0.323. The van der Waals surface area contributed by atoms with E-state index in [-0.39, 0.29) is 27.3 Å². The highest BCUT2D eigenvalue weighted by Gasteiger charge is 2.16. The Morgan fingerprint density at radius 2 is 1.76 bits per heavy atom. The molecule has 0 aliphatic rings. The summed E-state index contributed by atoms with van der Waals surface area (Å²) >= 11 is 0. The zero-order valence-corrected chi connectivity index (χ0v) is 13.6. The van der Waals surface area contributed by atoms with E-state index in [1.807, 2.05) is 0 Å². The van der Waals surface area contributed by atoms with E-state index >= 15 is 0 Å². The minimum absolute atomic E-state index is 0.0374. The second-order valence-electron chi connectivity index (χ2n) is 5.40. The first-order valence-corrected chi connectivity index (χ1v) is 8.60. The minimum Gasteiger partial charge on any atom is -0.506 e. The number of nitrogen functional groups attached to an aromatic ring is 1. The van der Waals surface area contributed by atoms with Gasteiger partial charge in [-0.15, -0.1) is 0 Å². The molecule has 128 valence electrons. The summed E-state index contributed by atoms with van der Waals surface area (Å²) in [6, 6.07) is 13.1. The van der Waals surface area contributed by atoms with Gasteiger partial charge in [0.15, 0.2) is 0 Å². The molecule has 0 unspecified atom stereocenters. The summed E-state index contributed by atoms with van der Waals surface area (Å²) in [5.74, 6) is -0.760. The summed E-state index contributed by atoms with van der Waals surface area (Å²) in [5, 5.41) is 13.5. The average molecular weight is 358 g/mol. The van der Waals surface area contributed by atoms with Gasteiger partial charge in [-0.2, -0.15) is 8.42 Å². The molecule has 8 heteroatoms. The highest BCUT2D eigenvalue weighted by Crippen LogP contribution is 2.34. The summed E-state index contributed by atoms with van der Waals surface area (Å²) in [5.41, 5.74) is 6.38. The summed E-state index contributed by atoms with van der Waals surface area (Å²) in [7, 11) is -4.42. The van der Waals surface area contributed by atoms with Crippen molar-refractivity contribution in [1.82, 2.24) is 0 Å². The molecule has 3 rings (SSSR count). The number of hydrogen-bond donors (Lipinski definition) is 4. The lowest BCUT2D eigenvalue weighted by atomic mass is 10.1. The van der Waals surface area contributed by atoms with Gasteiger partial charge in [-0.25, -0.2) is 0 Å². The largest absolute Gasteiger partial charge is 0.506 e. The van der Waals surface area contributed by atoms with E-state index in [0.717, 1.165) is 0 Å². The molecule has 0 aliphatic carbocycles. The first kappa shape index (κ1) is 16.7. The van der Waals surface area contributed by atoms with Crippen LogP contribution in [0.15, 0.2) is 59.5 Å². The smallest absolute Gasteiger partial charge is 0.294 e. The number of carbonyl (C=O) groups is 1. The molecule has 0 aliphatic heterocycles. The topological polar surface area (TPSA) is 130 Å². The van der Waals surface area contributed by atoms with Crippen LogP contribution in [0.3, 0.4) is 0 Å². The molecule has 3 aromatic rings. The van der Waals surface area contributed by atoms with Gasteiger partial charge in [-0.05, 0) is 41.8 Å². The van der Waals surface area contributed by atoms with Crippen molar-refractivity contribution in [2.45, 2.75) is 4.90 Å². The molecule has 0 radical (unpaired) electrons. The van der Waals surface area contributed by atoms with Crippen molar-refractivity contribution in [1.29, 1.82) is 0 Å². The van der Waals surface area contributed by atoms with Crippen LogP contribution in [0.2, 0.25) is 0 Å². The number of fused-ring (bicyclic) bond motifs is 1. The molecule has 1 amide bonds. The molecule has 0 atom stereocenters. The number of phenolic OH excluding ortho intramolecular Hbond substituents is 1. The summed E-state index contributed by atoms with van der Waals surface area (Å²) in [6.07, 6.45) is 0. The van der Waals surface area contributed by atoms with E-state index in [9.17, 15) is 22.9 Å². The van der Waals surface area contributed by atoms with Crippen LogP contribution in [0.25, 0.3) is 10.8 Å². The fraction of sp³-hybridized carbons (Fsp3) is 0. The number of benzene rings is 3. The third-order valence-corrected chi connectivity index (χ3v) is 4.51. The molecule has 5 N–H and O–H groups in total. The standard InChI is InChI=1S/C17H14N2O5S/c18-12-3-1-2-11(8-12)17(21)19-16-14-9-13(25(22,23)24)6-4-10(14)5-7-15(16)20/h1-9,20H,18H2,(H,19,21)(H,22,23,24). The molecule has 0 fully saturated rings. The van der Waals surface area contributed by atoms with E-state index in [1.54, 1.807) is 24.3 Å². The van der Waals surface area contributed by atoms with Crippen LogP contribution >= 0.6 is 0 Å². The molecule has 0 saturated heterocycles. The fourth-order valence-corrected chi connectivity index (χ4v) is 2.95. The number of anilines is 2. The highest BCUT2D eigenvalue weighted by molar-refractivity contribution is 7.85. The second-order valence-corrected chi connectivity index (χ2v) is 6.82. The molecule has 0 aromatic heterocycles. The zero-order chi connectivity index (χ0) is 18.2. The maximum Gasteiger partial charge on any atom is 0.294 e. The Bertz CT molecular complexity index is 1090. The van der Waals surface area contributed by atoms with Crippen molar-refractivity contribution in [3.8, 4) is 5.75 Å². The van der Waals surface area contributed by atoms with Crippen LogP contribution in [0.1, 0.15) is 10.4 Å². The van der Waals surface area contributed by atoms with Crippen LogP contribution in [0, 0.1) is 0 Å². The number of carbonyl (C=O) groups excluding carboxylic acids is 1. The third-order valence-electron chi connectivity index (χ3n) is 3.66. The SMILES string of the molecule is Nc1cccc(C(=O)Nc2c(O)ccc3ccc(S(=O)(=O)O)cc23)c1. The van der Waals surface area contributed by atoms with Crippen LogP contribution in [-0.2, 0) is 10.1 Å². The summed E-state index contributed by atoms with van der Waals surface area (Å²) < 4.78 is 31.9. The monoisotopic (exact) mass is 358 g/mol.